The summed E-state index contributed by atoms with van der Waals surface area (Å²) in [5.74, 6) is 0.453. The first-order valence-corrected chi connectivity index (χ1v) is 6.63. The van der Waals surface area contributed by atoms with E-state index in [-0.39, 0.29) is 12.0 Å². The number of ketones is 1. The van der Waals surface area contributed by atoms with Crippen LogP contribution in [-0.2, 0) is 11.2 Å². The minimum atomic E-state index is 0.140. The van der Waals surface area contributed by atoms with Gasteiger partial charge in [0.15, 0.2) is 0 Å². The first kappa shape index (κ1) is 13.3. The van der Waals surface area contributed by atoms with Crippen LogP contribution in [0.15, 0.2) is 11.7 Å². The minimum absolute atomic E-state index is 0.140. The highest BCUT2D eigenvalue weighted by atomic mass is 32.1. The third kappa shape index (κ3) is 4.86. The Hall–Kier alpha value is -0.740. The van der Waals surface area contributed by atoms with E-state index in [9.17, 15) is 4.79 Å². The Kier molecular flexibility index (Phi) is 5.63. The van der Waals surface area contributed by atoms with Crippen molar-refractivity contribution in [2.45, 2.75) is 45.6 Å². The van der Waals surface area contributed by atoms with Crippen LogP contribution in [0.3, 0.4) is 0 Å². The molecule has 0 fully saturated rings. The number of hydrogen-bond acceptors (Lipinski definition) is 4. The lowest BCUT2D eigenvalue weighted by molar-refractivity contribution is -0.121. The molecular weight excluding hydrogens is 220 g/mol. The smallest absolute Gasteiger partial charge is 0.140 e. The Labute approximate surface area is 101 Å². The van der Waals surface area contributed by atoms with Gasteiger partial charge in [0.05, 0.1) is 5.51 Å². The fourth-order valence-corrected chi connectivity index (χ4v) is 2.19. The summed E-state index contributed by atoms with van der Waals surface area (Å²) in [5, 5.41) is 0. The average molecular weight is 240 g/mol. The van der Waals surface area contributed by atoms with Crippen LogP contribution in [0.2, 0.25) is 0 Å². The van der Waals surface area contributed by atoms with Crippen LogP contribution in [-0.4, -0.2) is 16.8 Å². The quantitative estimate of drug-likeness (QED) is 0.796. The van der Waals surface area contributed by atoms with Crippen molar-refractivity contribution in [2.75, 3.05) is 0 Å². The van der Waals surface area contributed by atoms with Gasteiger partial charge in [-0.05, 0) is 19.8 Å². The van der Waals surface area contributed by atoms with Crippen molar-refractivity contribution in [2.24, 2.45) is 11.7 Å². The molecule has 2 atom stereocenters. The van der Waals surface area contributed by atoms with Crippen molar-refractivity contribution in [3.8, 4) is 0 Å². The molecule has 90 valence electrons. The molecule has 0 radical (unpaired) electrons. The molecule has 2 unspecified atom stereocenters. The van der Waals surface area contributed by atoms with Crippen LogP contribution >= 0.6 is 11.3 Å². The van der Waals surface area contributed by atoms with Gasteiger partial charge in [-0.25, -0.2) is 0 Å². The van der Waals surface area contributed by atoms with E-state index < -0.39 is 0 Å². The summed E-state index contributed by atoms with van der Waals surface area (Å²) in [6.45, 7) is 4.01. The van der Waals surface area contributed by atoms with E-state index in [1.165, 1.54) is 0 Å². The third-order valence-electron chi connectivity index (χ3n) is 2.68. The fraction of sp³-hybridized carbons (Fsp3) is 0.667. The van der Waals surface area contributed by atoms with Crippen molar-refractivity contribution in [1.82, 2.24) is 4.98 Å². The van der Waals surface area contributed by atoms with Gasteiger partial charge >= 0.3 is 0 Å². The van der Waals surface area contributed by atoms with Gasteiger partial charge in [-0.15, -0.1) is 11.3 Å². The molecule has 0 aliphatic carbocycles. The van der Waals surface area contributed by atoms with Crippen LogP contribution < -0.4 is 5.73 Å². The van der Waals surface area contributed by atoms with E-state index in [1.54, 1.807) is 23.0 Å². The highest BCUT2D eigenvalue weighted by Crippen LogP contribution is 2.15. The molecule has 2 N–H and O–H groups in total. The number of aromatic nitrogens is 1. The Morgan fingerprint density at radius 3 is 2.81 bits per heavy atom. The maximum Gasteiger partial charge on any atom is 0.140 e. The van der Waals surface area contributed by atoms with Gasteiger partial charge in [-0.3, -0.25) is 9.78 Å². The molecule has 0 saturated heterocycles. The highest BCUT2D eigenvalue weighted by Gasteiger charge is 2.14. The average Bonchev–Trinajstić information content (AvgIpc) is 2.69. The van der Waals surface area contributed by atoms with Gasteiger partial charge in [-0.1, -0.05) is 13.3 Å². The summed E-state index contributed by atoms with van der Waals surface area (Å²) in [5.41, 5.74) is 7.44. The molecule has 0 bridgehead atoms. The van der Waals surface area contributed by atoms with Crippen molar-refractivity contribution in [3.63, 3.8) is 0 Å². The number of Topliss-reactive ketones (excluding diaryl/α,β-unsaturated/α-hetero) is 1. The Bertz CT molecular complexity index is 309. The van der Waals surface area contributed by atoms with Crippen molar-refractivity contribution < 1.29 is 4.79 Å². The highest BCUT2D eigenvalue weighted by molar-refractivity contribution is 7.09. The lowest BCUT2D eigenvalue weighted by Crippen LogP contribution is -2.17. The number of carbonyl (C=O) groups excluding carboxylic acids is 1. The zero-order chi connectivity index (χ0) is 12.0. The standard InChI is InChI=1S/C12H20N2OS/c1-9(4-3-5-10(2)13)12(15)6-11-7-14-8-16-11/h7-10H,3-6,13H2,1-2H3. The zero-order valence-corrected chi connectivity index (χ0v) is 10.8. The van der Waals surface area contributed by atoms with Gasteiger partial charge in [0.1, 0.15) is 5.78 Å². The number of rotatable bonds is 7. The zero-order valence-electron chi connectivity index (χ0n) is 9.98. The van der Waals surface area contributed by atoms with Gasteiger partial charge in [0.25, 0.3) is 0 Å². The van der Waals surface area contributed by atoms with Crippen molar-refractivity contribution in [3.05, 3.63) is 16.6 Å². The van der Waals surface area contributed by atoms with E-state index >= 15 is 0 Å². The maximum absolute atomic E-state index is 11.8. The topological polar surface area (TPSA) is 56.0 Å². The van der Waals surface area contributed by atoms with Gasteiger partial charge < -0.3 is 5.73 Å². The van der Waals surface area contributed by atoms with E-state index in [0.29, 0.717) is 12.2 Å². The summed E-state index contributed by atoms with van der Waals surface area (Å²) < 4.78 is 0. The van der Waals surface area contributed by atoms with E-state index in [2.05, 4.69) is 4.98 Å². The summed E-state index contributed by atoms with van der Waals surface area (Å²) in [6.07, 6.45) is 5.28. The molecule has 0 amide bonds. The molecule has 16 heavy (non-hydrogen) atoms. The number of thiazole rings is 1. The predicted octanol–water partition coefficient (Wildman–Crippen LogP) is 2.41. The monoisotopic (exact) mass is 240 g/mol. The summed E-state index contributed by atoms with van der Waals surface area (Å²) >= 11 is 1.55. The van der Waals surface area contributed by atoms with Crippen LogP contribution in [0, 0.1) is 5.92 Å². The Morgan fingerprint density at radius 2 is 2.25 bits per heavy atom. The molecule has 0 aromatic carbocycles. The molecule has 0 aliphatic heterocycles. The minimum Gasteiger partial charge on any atom is -0.328 e. The van der Waals surface area contributed by atoms with Crippen LogP contribution in [0.4, 0.5) is 0 Å². The molecule has 0 aliphatic rings. The number of carbonyl (C=O) groups is 1. The van der Waals surface area contributed by atoms with Crippen LogP contribution in [0.5, 0.6) is 0 Å². The second-order valence-corrected chi connectivity index (χ2v) is 5.39. The lowest BCUT2D eigenvalue weighted by Gasteiger charge is -2.10. The normalized spacial score (nSPS) is 14.7. The molecule has 1 rings (SSSR count). The van der Waals surface area contributed by atoms with Crippen LogP contribution in [0.25, 0.3) is 0 Å². The molecule has 4 heteroatoms. The third-order valence-corrected chi connectivity index (χ3v) is 3.46. The molecular formula is C12H20N2OS. The van der Waals surface area contributed by atoms with E-state index in [0.717, 1.165) is 24.1 Å². The fourth-order valence-electron chi connectivity index (χ4n) is 1.58. The second kappa shape index (κ2) is 6.76. The molecule has 1 heterocycles. The van der Waals surface area contributed by atoms with Gasteiger partial charge in [0.2, 0.25) is 0 Å². The molecule has 1 aromatic rings. The van der Waals surface area contributed by atoms with Crippen LogP contribution in [0.1, 0.15) is 38.0 Å². The first-order chi connectivity index (χ1) is 7.59. The summed E-state index contributed by atoms with van der Waals surface area (Å²) in [4.78, 5) is 16.9. The summed E-state index contributed by atoms with van der Waals surface area (Å²) in [6, 6.07) is 0.240. The lowest BCUT2D eigenvalue weighted by atomic mass is 9.96. The molecule has 0 spiro atoms. The van der Waals surface area contributed by atoms with E-state index in [1.807, 2.05) is 13.8 Å². The van der Waals surface area contributed by atoms with Crippen molar-refractivity contribution in [1.29, 1.82) is 0 Å². The van der Waals surface area contributed by atoms with Crippen molar-refractivity contribution >= 4 is 17.1 Å². The summed E-state index contributed by atoms with van der Waals surface area (Å²) in [7, 11) is 0. The maximum atomic E-state index is 11.8. The number of nitrogens with two attached hydrogens (primary N) is 1. The largest absolute Gasteiger partial charge is 0.328 e. The number of nitrogens with zero attached hydrogens (tertiary/aromatic N) is 1. The molecule has 0 saturated carbocycles. The SMILES string of the molecule is CC(N)CCCC(C)C(=O)Cc1cncs1. The van der Waals surface area contributed by atoms with Gasteiger partial charge in [0, 0.05) is 29.5 Å². The first-order valence-electron chi connectivity index (χ1n) is 5.75. The molecule has 3 nitrogen and oxygen atoms in total. The predicted molar refractivity (Wildman–Crippen MR) is 67.5 cm³/mol. The van der Waals surface area contributed by atoms with E-state index in [4.69, 9.17) is 5.73 Å². The molecule has 1 aromatic heterocycles. The second-order valence-electron chi connectivity index (χ2n) is 4.42. The number of hydrogen-bond donors (Lipinski definition) is 1. The Balaban J connectivity index is 2.25. The Morgan fingerprint density at radius 1 is 1.50 bits per heavy atom. The van der Waals surface area contributed by atoms with Gasteiger partial charge in [-0.2, -0.15) is 0 Å².